The predicted octanol–water partition coefficient (Wildman–Crippen LogP) is 3.46. The van der Waals surface area contributed by atoms with E-state index < -0.39 is 6.17 Å². The van der Waals surface area contributed by atoms with Gasteiger partial charge in [0.05, 0.1) is 35.9 Å². The minimum Gasteiger partial charge on any atom is -0.402 e. The van der Waals surface area contributed by atoms with Gasteiger partial charge in [-0.2, -0.15) is 5.26 Å². The molecule has 1 unspecified atom stereocenters. The van der Waals surface area contributed by atoms with E-state index in [0.717, 1.165) is 11.1 Å². The van der Waals surface area contributed by atoms with Crippen molar-refractivity contribution in [2.45, 2.75) is 19.1 Å². The molecule has 2 aromatic carbocycles. The van der Waals surface area contributed by atoms with Crippen LogP contribution in [-0.2, 0) is 9.53 Å². The molecule has 4 heterocycles. The zero-order chi connectivity index (χ0) is 26.8. The van der Waals surface area contributed by atoms with Crippen molar-refractivity contribution in [1.82, 2.24) is 15.2 Å². The zero-order valence-corrected chi connectivity index (χ0v) is 21.0. The third-order valence-electron chi connectivity index (χ3n) is 6.56. The Kier molecular flexibility index (Phi) is 6.44. The smallest absolute Gasteiger partial charge is 0.317 e. The summed E-state index contributed by atoms with van der Waals surface area (Å²) in [5.74, 6) is -0.215. The molecular weight excluding hydrogens is 496 g/mol. The van der Waals surface area contributed by atoms with E-state index in [1.807, 2.05) is 61.5 Å². The summed E-state index contributed by atoms with van der Waals surface area (Å²) < 4.78 is 11.5. The monoisotopic (exact) mass is 520 g/mol. The molecule has 1 saturated heterocycles. The largest absolute Gasteiger partial charge is 0.402 e. The summed E-state index contributed by atoms with van der Waals surface area (Å²) >= 11 is 0. The van der Waals surface area contributed by atoms with Gasteiger partial charge in [0, 0.05) is 29.9 Å². The molecule has 0 spiro atoms. The van der Waals surface area contributed by atoms with Crippen molar-refractivity contribution >= 4 is 29.0 Å². The van der Waals surface area contributed by atoms with E-state index in [-0.39, 0.29) is 23.9 Å². The maximum atomic E-state index is 13.2. The number of hydrogen-bond acceptors (Lipinski definition) is 10. The number of nitrogens with zero attached hydrogens (tertiary/aromatic N) is 6. The number of morpholine rings is 1. The van der Waals surface area contributed by atoms with Gasteiger partial charge in [0.15, 0.2) is 5.69 Å². The number of aromatic nitrogens is 3. The molecule has 4 aromatic rings. The number of carbonyl (C=O) groups excluding carboxylic acids is 1. The molecule has 194 valence electrons. The summed E-state index contributed by atoms with van der Waals surface area (Å²) in [7, 11) is 0. The van der Waals surface area contributed by atoms with Crippen molar-refractivity contribution in [3.05, 3.63) is 83.6 Å². The number of nitrogens with one attached hydrogen (secondary N) is 2. The standard InChI is InChI=1S/C28H24N8O3/c1-17-16-38-12-11-36(17)22-13-18(14-29)15-30-24(22)27-34-35-28(39-27)33-25-26(37)31-21-10-6-5-9-20(21)23(32-25)19-7-3-2-4-8-19/h2-10,13,15,17,25H,11-12,16H2,1H3,(H,31,37)(H,33,35)/t17-,25?/m1/s1. The number of hydrogen-bond donors (Lipinski definition) is 2. The second-order valence-corrected chi connectivity index (χ2v) is 9.16. The van der Waals surface area contributed by atoms with Gasteiger partial charge >= 0.3 is 6.01 Å². The number of pyridine rings is 1. The zero-order valence-electron chi connectivity index (χ0n) is 21.0. The normalized spacial score (nSPS) is 18.8. The molecule has 0 bridgehead atoms. The van der Waals surface area contributed by atoms with Crippen molar-refractivity contribution in [2.24, 2.45) is 4.99 Å². The van der Waals surface area contributed by atoms with Crippen molar-refractivity contribution in [3.63, 3.8) is 0 Å². The van der Waals surface area contributed by atoms with Crippen LogP contribution in [-0.4, -0.2) is 58.8 Å². The first-order valence-corrected chi connectivity index (χ1v) is 12.5. The molecule has 0 aliphatic carbocycles. The number of benzodiazepines with no additional fused rings is 1. The molecule has 1 fully saturated rings. The van der Waals surface area contributed by atoms with Crippen molar-refractivity contribution in [1.29, 1.82) is 5.26 Å². The minimum atomic E-state index is -1.03. The average Bonchev–Trinajstić information content (AvgIpc) is 3.39. The number of anilines is 3. The highest BCUT2D eigenvalue weighted by Gasteiger charge is 2.29. The lowest BCUT2D eigenvalue weighted by molar-refractivity contribution is -0.116. The van der Waals surface area contributed by atoms with Crippen LogP contribution >= 0.6 is 0 Å². The lowest BCUT2D eigenvalue weighted by Crippen LogP contribution is -2.44. The third-order valence-corrected chi connectivity index (χ3v) is 6.56. The molecule has 2 N–H and O–H groups in total. The van der Waals surface area contributed by atoms with E-state index in [9.17, 15) is 10.1 Å². The predicted molar refractivity (Wildman–Crippen MR) is 144 cm³/mol. The van der Waals surface area contributed by atoms with Crippen LogP contribution in [0.5, 0.6) is 0 Å². The van der Waals surface area contributed by atoms with Crippen LogP contribution in [0.1, 0.15) is 23.6 Å². The highest BCUT2D eigenvalue weighted by Crippen LogP contribution is 2.32. The van der Waals surface area contributed by atoms with Gasteiger partial charge in [-0.15, -0.1) is 5.10 Å². The topological polar surface area (TPSA) is 142 Å². The van der Waals surface area contributed by atoms with Crippen molar-refractivity contribution < 1.29 is 13.9 Å². The first kappa shape index (κ1) is 24.3. The number of rotatable bonds is 5. The number of carbonyl (C=O) groups is 1. The fourth-order valence-electron chi connectivity index (χ4n) is 4.66. The van der Waals surface area contributed by atoms with E-state index in [1.165, 1.54) is 6.20 Å². The summed E-state index contributed by atoms with van der Waals surface area (Å²) in [6.07, 6.45) is 0.432. The van der Waals surface area contributed by atoms with Crippen molar-refractivity contribution in [2.75, 3.05) is 35.3 Å². The Balaban J connectivity index is 1.34. The molecule has 2 atom stereocenters. The average molecular weight is 521 g/mol. The van der Waals surface area contributed by atoms with Gasteiger partial charge in [-0.3, -0.25) is 4.79 Å². The van der Waals surface area contributed by atoms with Gasteiger partial charge in [-0.25, -0.2) is 9.98 Å². The van der Waals surface area contributed by atoms with Crippen molar-refractivity contribution in [3.8, 4) is 17.7 Å². The van der Waals surface area contributed by atoms with Crippen LogP contribution < -0.4 is 15.5 Å². The second-order valence-electron chi connectivity index (χ2n) is 9.16. The van der Waals surface area contributed by atoms with Crippen LogP contribution in [0.15, 0.2) is 76.3 Å². The molecule has 0 radical (unpaired) electrons. The number of ether oxygens (including phenoxy) is 1. The maximum absolute atomic E-state index is 13.2. The number of amides is 1. The van der Waals surface area contributed by atoms with Crippen LogP contribution in [0.3, 0.4) is 0 Å². The highest BCUT2D eigenvalue weighted by atomic mass is 16.5. The Morgan fingerprint density at radius 3 is 2.77 bits per heavy atom. The molecule has 39 heavy (non-hydrogen) atoms. The summed E-state index contributed by atoms with van der Waals surface area (Å²) in [5, 5.41) is 23.7. The molecule has 2 aliphatic heterocycles. The first-order valence-electron chi connectivity index (χ1n) is 12.5. The van der Waals surface area contributed by atoms with Gasteiger partial charge in [0.25, 0.3) is 11.8 Å². The Hall–Kier alpha value is -5.08. The molecule has 1 amide bonds. The third kappa shape index (κ3) is 4.81. The van der Waals surface area contributed by atoms with Crippen LogP contribution in [0.25, 0.3) is 11.6 Å². The van der Waals surface area contributed by atoms with Gasteiger partial charge in [-0.05, 0) is 19.1 Å². The lowest BCUT2D eigenvalue weighted by atomic mass is 10.0. The number of aliphatic imine (C=N–C) groups is 1. The maximum Gasteiger partial charge on any atom is 0.317 e. The molecule has 2 aliphatic rings. The van der Waals surface area contributed by atoms with Crippen LogP contribution in [0.2, 0.25) is 0 Å². The Labute approximate surface area is 224 Å². The summed E-state index contributed by atoms with van der Waals surface area (Å²) in [5.41, 5.74) is 4.54. The molecule has 2 aromatic heterocycles. The van der Waals surface area contributed by atoms with E-state index >= 15 is 0 Å². The molecule has 6 rings (SSSR count). The van der Waals surface area contributed by atoms with E-state index in [1.54, 1.807) is 6.07 Å². The van der Waals surface area contributed by atoms with Gasteiger partial charge < -0.3 is 24.7 Å². The van der Waals surface area contributed by atoms with Gasteiger partial charge in [0.1, 0.15) is 6.07 Å². The van der Waals surface area contributed by atoms with E-state index in [2.05, 4.69) is 36.8 Å². The Morgan fingerprint density at radius 2 is 1.95 bits per heavy atom. The van der Waals surface area contributed by atoms with E-state index in [0.29, 0.717) is 48.1 Å². The number of benzene rings is 2. The number of para-hydroxylation sites is 1. The highest BCUT2D eigenvalue weighted by molar-refractivity contribution is 6.19. The Bertz CT molecular complexity index is 1590. The van der Waals surface area contributed by atoms with Gasteiger partial charge in [0.2, 0.25) is 6.17 Å². The lowest BCUT2D eigenvalue weighted by Gasteiger charge is -2.35. The SMILES string of the molecule is C[C@@H]1COCCN1c1cc(C#N)cnc1-c1nnc(NC2N=C(c3ccccc3)c3ccccc3NC2=O)o1. The second kappa shape index (κ2) is 10.4. The number of nitriles is 1. The summed E-state index contributed by atoms with van der Waals surface area (Å²) in [6.45, 7) is 3.77. The fraction of sp³-hybridized carbons (Fsp3) is 0.214. The van der Waals surface area contributed by atoms with Crippen LogP contribution in [0, 0.1) is 11.3 Å². The fourth-order valence-corrected chi connectivity index (χ4v) is 4.66. The molecule has 11 heteroatoms. The molecular formula is C28H24N8O3. The summed E-state index contributed by atoms with van der Waals surface area (Å²) in [6, 6.07) is 21.1. The molecule has 11 nitrogen and oxygen atoms in total. The molecule has 0 saturated carbocycles. The minimum absolute atomic E-state index is 0.0133. The van der Waals surface area contributed by atoms with Crippen LogP contribution in [0.4, 0.5) is 17.4 Å². The number of fused-ring (bicyclic) bond motifs is 1. The van der Waals surface area contributed by atoms with E-state index in [4.69, 9.17) is 14.1 Å². The first-order chi connectivity index (χ1) is 19.1. The van der Waals surface area contributed by atoms with Gasteiger partial charge in [-0.1, -0.05) is 53.6 Å². The summed E-state index contributed by atoms with van der Waals surface area (Å²) in [4.78, 5) is 24.5. The quantitative estimate of drug-likeness (QED) is 0.405. The Morgan fingerprint density at radius 1 is 1.13 bits per heavy atom.